The first kappa shape index (κ1) is 12.5. The van der Waals surface area contributed by atoms with E-state index in [1.54, 1.807) is 12.4 Å². The van der Waals surface area contributed by atoms with Gasteiger partial charge in [0, 0.05) is 17.6 Å². The summed E-state index contributed by atoms with van der Waals surface area (Å²) in [6.45, 7) is 4.14. The number of rotatable bonds is 3. The van der Waals surface area contributed by atoms with Crippen LogP contribution in [0.2, 0.25) is 0 Å². The Hall–Kier alpha value is -2.56. The predicted molar refractivity (Wildman–Crippen MR) is 78.8 cm³/mol. The van der Waals surface area contributed by atoms with Crippen LogP contribution in [0.15, 0.2) is 42.9 Å². The maximum atomic E-state index is 5.93. The summed E-state index contributed by atoms with van der Waals surface area (Å²) in [4.78, 5) is 4.29. The molecule has 5 heteroatoms. The van der Waals surface area contributed by atoms with Gasteiger partial charge in [-0.15, -0.1) is 0 Å². The van der Waals surface area contributed by atoms with Gasteiger partial charge >= 0.3 is 0 Å². The molecule has 2 heterocycles. The molecule has 2 N–H and O–H groups in total. The molecule has 3 aromatic rings. The standard InChI is InChI=1S/C15H16N4O/c1-10(2)19-9-11(8-18-19)20-14-6-7-17-15-12(14)4-3-5-13(15)16/h3-10H,16H2,1-2H3. The van der Waals surface area contributed by atoms with Crippen LogP contribution >= 0.6 is 0 Å². The van der Waals surface area contributed by atoms with E-state index in [0.29, 0.717) is 17.5 Å². The van der Waals surface area contributed by atoms with E-state index in [1.807, 2.05) is 35.1 Å². The van der Waals surface area contributed by atoms with Gasteiger partial charge in [-0.05, 0) is 32.0 Å². The third-order valence-electron chi connectivity index (χ3n) is 3.10. The second kappa shape index (κ2) is 4.85. The third kappa shape index (κ3) is 2.18. The lowest BCUT2D eigenvalue weighted by molar-refractivity contribution is 0.481. The number of anilines is 1. The third-order valence-corrected chi connectivity index (χ3v) is 3.10. The fourth-order valence-electron chi connectivity index (χ4n) is 2.05. The van der Waals surface area contributed by atoms with Gasteiger partial charge < -0.3 is 10.5 Å². The molecular formula is C15H16N4O. The first-order valence-corrected chi connectivity index (χ1v) is 6.50. The minimum absolute atomic E-state index is 0.303. The molecule has 2 aromatic heterocycles. The topological polar surface area (TPSA) is 66.0 Å². The lowest BCUT2D eigenvalue weighted by Crippen LogP contribution is -1.99. The van der Waals surface area contributed by atoms with Gasteiger partial charge in [0.15, 0.2) is 5.75 Å². The number of hydrogen-bond acceptors (Lipinski definition) is 4. The van der Waals surface area contributed by atoms with Gasteiger partial charge in [-0.1, -0.05) is 6.07 Å². The maximum absolute atomic E-state index is 5.93. The Balaban J connectivity index is 2.00. The van der Waals surface area contributed by atoms with Crippen LogP contribution in [0, 0.1) is 0 Å². The van der Waals surface area contributed by atoms with Gasteiger partial charge in [-0.25, -0.2) is 0 Å². The minimum atomic E-state index is 0.303. The lowest BCUT2D eigenvalue weighted by Gasteiger charge is -2.08. The Morgan fingerprint density at radius 2 is 2.10 bits per heavy atom. The van der Waals surface area contributed by atoms with Crippen LogP contribution in [0.1, 0.15) is 19.9 Å². The number of nitrogens with zero attached hydrogens (tertiary/aromatic N) is 3. The van der Waals surface area contributed by atoms with E-state index < -0.39 is 0 Å². The molecule has 0 aliphatic carbocycles. The summed E-state index contributed by atoms with van der Waals surface area (Å²) in [7, 11) is 0. The molecule has 0 fully saturated rings. The highest BCUT2D eigenvalue weighted by Gasteiger charge is 2.08. The number of benzene rings is 1. The molecule has 0 amide bonds. The van der Waals surface area contributed by atoms with E-state index in [2.05, 4.69) is 23.9 Å². The van der Waals surface area contributed by atoms with Crippen LogP contribution in [-0.4, -0.2) is 14.8 Å². The summed E-state index contributed by atoms with van der Waals surface area (Å²) in [5, 5.41) is 5.15. The van der Waals surface area contributed by atoms with E-state index in [-0.39, 0.29) is 0 Å². The Bertz CT molecular complexity index is 748. The SMILES string of the molecule is CC(C)n1cc(Oc2ccnc3c(N)cccc23)cn1. The summed E-state index contributed by atoms with van der Waals surface area (Å²) >= 11 is 0. The highest BCUT2D eigenvalue weighted by molar-refractivity contribution is 5.93. The molecule has 0 saturated carbocycles. The largest absolute Gasteiger partial charge is 0.453 e. The summed E-state index contributed by atoms with van der Waals surface area (Å²) in [6.07, 6.45) is 5.28. The van der Waals surface area contributed by atoms with Crippen molar-refractivity contribution in [3.8, 4) is 11.5 Å². The molecular weight excluding hydrogens is 252 g/mol. The zero-order valence-corrected chi connectivity index (χ0v) is 11.4. The first-order valence-electron chi connectivity index (χ1n) is 6.50. The normalized spacial score (nSPS) is 11.2. The lowest BCUT2D eigenvalue weighted by atomic mass is 10.2. The number of hydrogen-bond donors (Lipinski definition) is 1. The summed E-state index contributed by atoms with van der Waals surface area (Å²) < 4.78 is 7.75. The highest BCUT2D eigenvalue weighted by Crippen LogP contribution is 2.30. The molecule has 1 aromatic carbocycles. The summed E-state index contributed by atoms with van der Waals surface area (Å²) in [6, 6.07) is 7.80. The zero-order chi connectivity index (χ0) is 14.1. The highest BCUT2D eigenvalue weighted by atomic mass is 16.5. The molecule has 3 rings (SSSR count). The van der Waals surface area contributed by atoms with Crippen molar-refractivity contribution in [2.24, 2.45) is 0 Å². The Kier molecular flexibility index (Phi) is 3.02. The van der Waals surface area contributed by atoms with Crippen molar-refractivity contribution in [2.75, 3.05) is 5.73 Å². The average Bonchev–Trinajstić information content (AvgIpc) is 2.89. The Morgan fingerprint density at radius 1 is 1.25 bits per heavy atom. The number of pyridine rings is 1. The van der Waals surface area contributed by atoms with Gasteiger partial charge in [0.25, 0.3) is 0 Å². The van der Waals surface area contributed by atoms with Crippen molar-refractivity contribution in [3.63, 3.8) is 0 Å². The van der Waals surface area contributed by atoms with E-state index in [9.17, 15) is 0 Å². The molecule has 0 spiro atoms. The number of fused-ring (bicyclic) bond motifs is 1. The molecule has 0 radical (unpaired) electrons. The van der Waals surface area contributed by atoms with Crippen LogP contribution in [-0.2, 0) is 0 Å². The second-order valence-electron chi connectivity index (χ2n) is 4.90. The number of nitrogens with two attached hydrogens (primary N) is 1. The number of nitrogen functional groups attached to an aromatic ring is 1. The van der Waals surface area contributed by atoms with E-state index in [4.69, 9.17) is 10.5 Å². The Labute approximate surface area is 117 Å². The second-order valence-corrected chi connectivity index (χ2v) is 4.90. The van der Waals surface area contributed by atoms with E-state index >= 15 is 0 Å². The van der Waals surface area contributed by atoms with Crippen LogP contribution in [0.25, 0.3) is 10.9 Å². The molecule has 5 nitrogen and oxygen atoms in total. The number of para-hydroxylation sites is 1. The minimum Gasteiger partial charge on any atom is -0.453 e. The summed E-state index contributed by atoms with van der Waals surface area (Å²) in [5.41, 5.74) is 7.32. The fourth-order valence-corrected chi connectivity index (χ4v) is 2.05. The monoisotopic (exact) mass is 268 g/mol. The maximum Gasteiger partial charge on any atom is 0.165 e. The van der Waals surface area contributed by atoms with Gasteiger partial charge in [-0.3, -0.25) is 9.67 Å². The van der Waals surface area contributed by atoms with E-state index in [1.165, 1.54) is 0 Å². The van der Waals surface area contributed by atoms with Gasteiger partial charge in [0.2, 0.25) is 0 Å². The van der Waals surface area contributed by atoms with Crippen molar-refractivity contribution >= 4 is 16.6 Å². The van der Waals surface area contributed by atoms with Crippen molar-refractivity contribution in [3.05, 3.63) is 42.9 Å². The number of ether oxygens (including phenoxy) is 1. The van der Waals surface area contributed by atoms with Crippen LogP contribution in [0.3, 0.4) is 0 Å². The molecule has 0 aliphatic rings. The molecule has 20 heavy (non-hydrogen) atoms. The molecule has 0 unspecified atom stereocenters. The fraction of sp³-hybridized carbons (Fsp3) is 0.200. The Morgan fingerprint density at radius 3 is 2.85 bits per heavy atom. The van der Waals surface area contributed by atoms with Gasteiger partial charge in [-0.2, -0.15) is 5.10 Å². The molecule has 0 bridgehead atoms. The van der Waals surface area contributed by atoms with Crippen molar-refractivity contribution in [1.82, 2.24) is 14.8 Å². The quantitative estimate of drug-likeness (QED) is 0.739. The molecule has 0 saturated heterocycles. The van der Waals surface area contributed by atoms with Crippen molar-refractivity contribution in [1.29, 1.82) is 0 Å². The van der Waals surface area contributed by atoms with Gasteiger partial charge in [0.05, 0.1) is 23.6 Å². The first-order chi connectivity index (χ1) is 9.65. The van der Waals surface area contributed by atoms with Crippen LogP contribution < -0.4 is 10.5 Å². The zero-order valence-electron chi connectivity index (χ0n) is 11.4. The molecule has 0 aliphatic heterocycles. The van der Waals surface area contributed by atoms with Crippen LogP contribution in [0.4, 0.5) is 5.69 Å². The smallest absolute Gasteiger partial charge is 0.165 e. The van der Waals surface area contributed by atoms with Crippen molar-refractivity contribution in [2.45, 2.75) is 19.9 Å². The van der Waals surface area contributed by atoms with E-state index in [0.717, 1.165) is 16.7 Å². The van der Waals surface area contributed by atoms with Crippen molar-refractivity contribution < 1.29 is 4.74 Å². The predicted octanol–water partition coefficient (Wildman–Crippen LogP) is 3.39. The van der Waals surface area contributed by atoms with Gasteiger partial charge in [0.1, 0.15) is 5.75 Å². The van der Waals surface area contributed by atoms with Crippen LogP contribution in [0.5, 0.6) is 11.5 Å². The molecule has 0 atom stereocenters. The average molecular weight is 268 g/mol. The summed E-state index contributed by atoms with van der Waals surface area (Å²) in [5.74, 6) is 1.43. The number of aromatic nitrogens is 3. The molecule has 102 valence electrons.